The molecule has 0 bridgehead atoms. The van der Waals surface area contributed by atoms with Gasteiger partial charge >= 0.3 is 0 Å². The van der Waals surface area contributed by atoms with Crippen LogP contribution in [0.3, 0.4) is 0 Å². The van der Waals surface area contributed by atoms with Gasteiger partial charge in [-0.2, -0.15) is 0 Å². The van der Waals surface area contributed by atoms with Crippen molar-refractivity contribution < 1.29 is 0 Å². The molecule has 1 unspecified atom stereocenters. The Kier molecular flexibility index (Phi) is 3.84. The van der Waals surface area contributed by atoms with E-state index >= 15 is 0 Å². The average Bonchev–Trinajstić information content (AvgIpc) is 2.83. The van der Waals surface area contributed by atoms with Crippen molar-refractivity contribution in [3.05, 3.63) is 59.1 Å². The number of anilines is 1. The number of rotatable bonds is 4. The summed E-state index contributed by atoms with van der Waals surface area (Å²) in [6, 6.07) is 16.3. The molecule has 0 radical (unpaired) electrons. The second-order valence-corrected chi connectivity index (χ2v) is 5.74. The third kappa shape index (κ3) is 2.74. The summed E-state index contributed by atoms with van der Waals surface area (Å²) in [5.41, 5.74) is 9.17. The molecule has 21 heavy (non-hydrogen) atoms. The van der Waals surface area contributed by atoms with Gasteiger partial charge in [-0.15, -0.1) is 0 Å². The zero-order valence-corrected chi connectivity index (χ0v) is 12.7. The van der Waals surface area contributed by atoms with Gasteiger partial charge in [0.1, 0.15) is 5.52 Å². The van der Waals surface area contributed by atoms with E-state index in [1.165, 1.54) is 5.56 Å². The number of nitrogen functional groups attached to an aromatic ring is 1. The third-order valence-corrected chi connectivity index (χ3v) is 4.22. The maximum absolute atomic E-state index is 6.17. The van der Waals surface area contributed by atoms with Gasteiger partial charge in [0.2, 0.25) is 5.95 Å². The van der Waals surface area contributed by atoms with E-state index in [0.717, 1.165) is 24.0 Å². The van der Waals surface area contributed by atoms with E-state index in [9.17, 15) is 0 Å². The molecule has 108 valence electrons. The number of nitrogens with two attached hydrogens (primary N) is 1. The number of nitrogens with zero attached hydrogens (tertiary/aromatic N) is 2. The minimum atomic E-state index is 0.474. The Morgan fingerprint density at radius 3 is 2.67 bits per heavy atom. The Hall–Kier alpha value is -2.00. The second kappa shape index (κ2) is 5.78. The van der Waals surface area contributed by atoms with Crippen LogP contribution in [0.1, 0.15) is 24.8 Å². The summed E-state index contributed by atoms with van der Waals surface area (Å²) < 4.78 is 2.04. The van der Waals surface area contributed by atoms with Crippen LogP contribution in [0.2, 0.25) is 5.02 Å². The van der Waals surface area contributed by atoms with E-state index in [1.807, 2.05) is 28.8 Å². The lowest BCUT2D eigenvalue weighted by Gasteiger charge is -2.13. The fraction of sp³-hybridized carbons (Fsp3) is 0.235. The Labute approximate surface area is 129 Å². The van der Waals surface area contributed by atoms with Crippen LogP contribution >= 0.6 is 11.6 Å². The first-order chi connectivity index (χ1) is 10.2. The van der Waals surface area contributed by atoms with Gasteiger partial charge < -0.3 is 10.3 Å². The van der Waals surface area contributed by atoms with Crippen molar-refractivity contribution in [1.82, 2.24) is 9.55 Å². The molecule has 1 atom stereocenters. The standard InChI is InChI=1S/C17H18ClN3/c1-12(13-6-3-2-4-7-13)10-11-21-15-9-5-8-14(18)16(15)20-17(21)19/h2-9,12H,10-11H2,1H3,(H2,19,20). The van der Waals surface area contributed by atoms with Gasteiger partial charge in [0, 0.05) is 6.54 Å². The van der Waals surface area contributed by atoms with Gasteiger partial charge in [-0.05, 0) is 30.0 Å². The normalized spacial score (nSPS) is 12.7. The molecule has 0 aliphatic rings. The van der Waals surface area contributed by atoms with Crippen LogP contribution in [-0.2, 0) is 6.54 Å². The fourth-order valence-corrected chi connectivity index (χ4v) is 2.85. The molecule has 2 N–H and O–H groups in total. The van der Waals surface area contributed by atoms with Crippen molar-refractivity contribution in [2.75, 3.05) is 5.73 Å². The highest BCUT2D eigenvalue weighted by Gasteiger charge is 2.12. The molecule has 0 spiro atoms. The van der Waals surface area contributed by atoms with Gasteiger partial charge in [0.15, 0.2) is 0 Å². The molecule has 0 saturated heterocycles. The summed E-state index contributed by atoms with van der Waals surface area (Å²) in [5, 5.41) is 0.647. The quantitative estimate of drug-likeness (QED) is 0.772. The molecule has 0 aliphatic heterocycles. The monoisotopic (exact) mass is 299 g/mol. The van der Waals surface area contributed by atoms with Crippen molar-refractivity contribution in [2.24, 2.45) is 0 Å². The van der Waals surface area contributed by atoms with Crippen LogP contribution in [0.4, 0.5) is 5.95 Å². The first-order valence-electron chi connectivity index (χ1n) is 7.12. The number of aryl methyl sites for hydroxylation is 1. The predicted octanol–water partition coefficient (Wildman–Crippen LogP) is 4.47. The highest BCUT2D eigenvalue weighted by atomic mass is 35.5. The van der Waals surface area contributed by atoms with Crippen molar-refractivity contribution in [3.63, 3.8) is 0 Å². The van der Waals surface area contributed by atoms with Crippen LogP contribution in [0.15, 0.2) is 48.5 Å². The minimum absolute atomic E-state index is 0.474. The number of halogens is 1. The number of imidazole rings is 1. The first kappa shape index (κ1) is 14.0. The van der Waals surface area contributed by atoms with E-state index < -0.39 is 0 Å². The molecule has 1 heterocycles. The minimum Gasteiger partial charge on any atom is -0.369 e. The molecular formula is C17H18ClN3. The van der Waals surface area contributed by atoms with Gasteiger partial charge in [0.05, 0.1) is 10.5 Å². The number of aromatic nitrogens is 2. The van der Waals surface area contributed by atoms with Crippen LogP contribution in [-0.4, -0.2) is 9.55 Å². The Morgan fingerprint density at radius 2 is 1.90 bits per heavy atom. The van der Waals surface area contributed by atoms with E-state index in [0.29, 0.717) is 16.9 Å². The summed E-state index contributed by atoms with van der Waals surface area (Å²) in [6.45, 7) is 3.07. The van der Waals surface area contributed by atoms with Crippen LogP contribution < -0.4 is 5.73 Å². The highest BCUT2D eigenvalue weighted by molar-refractivity contribution is 6.35. The SMILES string of the molecule is CC(CCn1c(N)nc2c(Cl)cccc21)c1ccccc1. The van der Waals surface area contributed by atoms with Crippen molar-refractivity contribution in [3.8, 4) is 0 Å². The Morgan fingerprint density at radius 1 is 1.14 bits per heavy atom. The number of fused-ring (bicyclic) bond motifs is 1. The largest absolute Gasteiger partial charge is 0.369 e. The summed E-state index contributed by atoms with van der Waals surface area (Å²) in [4.78, 5) is 4.37. The maximum atomic E-state index is 6.17. The van der Waals surface area contributed by atoms with Crippen molar-refractivity contribution in [2.45, 2.75) is 25.8 Å². The molecule has 3 rings (SSSR count). The predicted molar refractivity (Wildman–Crippen MR) is 88.6 cm³/mol. The van der Waals surface area contributed by atoms with Crippen molar-refractivity contribution in [1.29, 1.82) is 0 Å². The molecule has 3 aromatic rings. The first-order valence-corrected chi connectivity index (χ1v) is 7.50. The summed E-state index contributed by atoms with van der Waals surface area (Å²) in [5.74, 6) is 1.00. The van der Waals surface area contributed by atoms with Gasteiger partial charge in [-0.3, -0.25) is 0 Å². The summed E-state index contributed by atoms with van der Waals surface area (Å²) >= 11 is 6.17. The number of hydrogen-bond acceptors (Lipinski definition) is 2. The second-order valence-electron chi connectivity index (χ2n) is 5.33. The fourth-order valence-electron chi connectivity index (χ4n) is 2.64. The molecule has 1 aromatic heterocycles. The average molecular weight is 300 g/mol. The molecular weight excluding hydrogens is 282 g/mol. The lowest BCUT2D eigenvalue weighted by molar-refractivity contribution is 0.590. The Balaban J connectivity index is 1.83. The van der Waals surface area contributed by atoms with Crippen LogP contribution in [0.25, 0.3) is 11.0 Å². The van der Waals surface area contributed by atoms with Gasteiger partial charge in [-0.25, -0.2) is 4.98 Å². The molecule has 0 fully saturated rings. The summed E-state index contributed by atoms with van der Waals surface area (Å²) in [6.07, 6.45) is 1.01. The van der Waals surface area contributed by atoms with E-state index in [4.69, 9.17) is 17.3 Å². The van der Waals surface area contributed by atoms with Crippen molar-refractivity contribution >= 4 is 28.6 Å². The molecule has 0 saturated carbocycles. The van der Waals surface area contributed by atoms with E-state index in [2.05, 4.69) is 36.2 Å². The number of para-hydroxylation sites is 1. The lowest BCUT2D eigenvalue weighted by Crippen LogP contribution is -2.06. The van der Waals surface area contributed by atoms with E-state index in [-0.39, 0.29) is 0 Å². The Bertz CT molecular complexity index is 749. The highest BCUT2D eigenvalue weighted by Crippen LogP contribution is 2.27. The topological polar surface area (TPSA) is 43.8 Å². The van der Waals surface area contributed by atoms with Gasteiger partial charge in [-0.1, -0.05) is 54.9 Å². The zero-order valence-electron chi connectivity index (χ0n) is 12.0. The molecule has 0 aliphatic carbocycles. The third-order valence-electron chi connectivity index (χ3n) is 3.91. The molecule has 4 heteroatoms. The van der Waals surface area contributed by atoms with Gasteiger partial charge in [0.25, 0.3) is 0 Å². The molecule has 3 nitrogen and oxygen atoms in total. The molecule has 0 amide bonds. The number of hydrogen-bond donors (Lipinski definition) is 1. The maximum Gasteiger partial charge on any atom is 0.201 e. The smallest absolute Gasteiger partial charge is 0.201 e. The van der Waals surface area contributed by atoms with Crippen LogP contribution in [0.5, 0.6) is 0 Å². The van der Waals surface area contributed by atoms with Crippen LogP contribution in [0, 0.1) is 0 Å². The zero-order chi connectivity index (χ0) is 14.8. The lowest BCUT2D eigenvalue weighted by atomic mass is 9.98. The van der Waals surface area contributed by atoms with E-state index in [1.54, 1.807) is 0 Å². The summed E-state index contributed by atoms with van der Waals surface area (Å²) in [7, 11) is 0. The molecule has 2 aromatic carbocycles. The number of benzene rings is 2.